The monoisotopic (exact) mass is 291 g/mol. The lowest BCUT2D eigenvalue weighted by molar-refractivity contribution is 0.0290. The molecular formula is C18H29NO2. The van der Waals surface area contributed by atoms with Crippen LogP contribution in [0.5, 0.6) is 5.75 Å². The SMILES string of the molecule is COc1ccc(CN(C)CC2(CO)CCCC(C)C2)cc1. The third-order valence-corrected chi connectivity index (χ3v) is 4.74. The molecule has 2 atom stereocenters. The Morgan fingerprint density at radius 1 is 1.33 bits per heavy atom. The van der Waals surface area contributed by atoms with Gasteiger partial charge >= 0.3 is 0 Å². The van der Waals surface area contributed by atoms with Gasteiger partial charge in [0.15, 0.2) is 0 Å². The number of rotatable bonds is 6. The van der Waals surface area contributed by atoms with Crippen LogP contribution in [0.25, 0.3) is 0 Å². The lowest BCUT2D eigenvalue weighted by atomic mass is 9.70. The van der Waals surface area contributed by atoms with E-state index < -0.39 is 0 Å². The second-order valence-electron chi connectivity index (χ2n) is 6.88. The fourth-order valence-corrected chi connectivity index (χ4v) is 3.78. The lowest BCUT2D eigenvalue weighted by Crippen LogP contribution is -2.41. The fourth-order valence-electron chi connectivity index (χ4n) is 3.78. The maximum absolute atomic E-state index is 9.90. The number of ether oxygens (including phenoxy) is 1. The van der Waals surface area contributed by atoms with Crippen molar-refractivity contribution in [3.8, 4) is 5.75 Å². The molecule has 0 bridgehead atoms. The van der Waals surface area contributed by atoms with Crippen molar-refractivity contribution in [2.24, 2.45) is 11.3 Å². The van der Waals surface area contributed by atoms with E-state index in [1.54, 1.807) is 7.11 Å². The molecule has 1 aromatic carbocycles. The number of hydrogen-bond acceptors (Lipinski definition) is 3. The highest BCUT2D eigenvalue weighted by Gasteiger charge is 2.35. The van der Waals surface area contributed by atoms with E-state index in [1.807, 2.05) is 12.1 Å². The van der Waals surface area contributed by atoms with E-state index in [0.29, 0.717) is 6.61 Å². The molecule has 0 aromatic heterocycles. The van der Waals surface area contributed by atoms with Crippen LogP contribution in [-0.2, 0) is 6.54 Å². The van der Waals surface area contributed by atoms with E-state index >= 15 is 0 Å². The third kappa shape index (κ3) is 4.45. The van der Waals surface area contributed by atoms with Crippen molar-refractivity contribution in [2.75, 3.05) is 27.3 Å². The molecule has 1 aromatic rings. The molecule has 1 fully saturated rings. The van der Waals surface area contributed by atoms with Gasteiger partial charge < -0.3 is 14.7 Å². The molecule has 0 radical (unpaired) electrons. The van der Waals surface area contributed by atoms with E-state index in [9.17, 15) is 5.11 Å². The molecule has 1 N–H and O–H groups in total. The van der Waals surface area contributed by atoms with Crippen molar-refractivity contribution in [1.29, 1.82) is 0 Å². The predicted molar refractivity (Wildman–Crippen MR) is 86.5 cm³/mol. The summed E-state index contributed by atoms with van der Waals surface area (Å²) in [4.78, 5) is 2.34. The second kappa shape index (κ2) is 7.28. The van der Waals surface area contributed by atoms with E-state index in [2.05, 4.69) is 31.0 Å². The van der Waals surface area contributed by atoms with Crippen LogP contribution in [0.15, 0.2) is 24.3 Å². The minimum absolute atomic E-state index is 0.0961. The molecule has 1 aliphatic carbocycles. The summed E-state index contributed by atoms with van der Waals surface area (Å²) < 4.78 is 5.19. The smallest absolute Gasteiger partial charge is 0.118 e. The normalized spacial score (nSPS) is 26.0. The Morgan fingerprint density at radius 3 is 2.62 bits per heavy atom. The van der Waals surface area contributed by atoms with Crippen molar-refractivity contribution in [2.45, 2.75) is 39.2 Å². The van der Waals surface area contributed by atoms with Crippen LogP contribution in [-0.4, -0.2) is 37.3 Å². The summed E-state index contributed by atoms with van der Waals surface area (Å²) in [6.45, 7) is 4.51. The number of aliphatic hydroxyl groups excluding tert-OH is 1. The molecule has 2 rings (SSSR count). The number of aliphatic hydroxyl groups is 1. The van der Waals surface area contributed by atoms with Gasteiger partial charge in [-0.1, -0.05) is 31.9 Å². The molecule has 21 heavy (non-hydrogen) atoms. The first kappa shape index (κ1) is 16.3. The van der Waals surface area contributed by atoms with Crippen LogP contribution in [0.2, 0.25) is 0 Å². The van der Waals surface area contributed by atoms with Gasteiger partial charge in [0.1, 0.15) is 5.75 Å². The van der Waals surface area contributed by atoms with Gasteiger partial charge in [0, 0.05) is 25.1 Å². The molecule has 3 heteroatoms. The quantitative estimate of drug-likeness (QED) is 0.873. The average molecular weight is 291 g/mol. The predicted octanol–water partition coefficient (Wildman–Crippen LogP) is 3.32. The first-order valence-electron chi connectivity index (χ1n) is 7.99. The van der Waals surface area contributed by atoms with Gasteiger partial charge in [-0.05, 0) is 43.5 Å². The van der Waals surface area contributed by atoms with E-state index in [-0.39, 0.29) is 5.41 Å². The molecule has 0 spiro atoms. The Hall–Kier alpha value is -1.06. The summed E-state index contributed by atoms with van der Waals surface area (Å²) in [6.07, 6.45) is 4.86. The van der Waals surface area contributed by atoms with E-state index in [1.165, 1.54) is 18.4 Å². The van der Waals surface area contributed by atoms with Gasteiger partial charge in [0.2, 0.25) is 0 Å². The molecule has 0 amide bonds. The molecule has 3 nitrogen and oxygen atoms in total. The van der Waals surface area contributed by atoms with Crippen LogP contribution in [0.1, 0.15) is 38.2 Å². The van der Waals surface area contributed by atoms with Gasteiger partial charge in [0.05, 0.1) is 7.11 Å². The summed E-state index contributed by atoms with van der Waals surface area (Å²) in [5.41, 5.74) is 1.38. The average Bonchev–Trinajstić information content (AvgIpc) is 2.48. The molecule has 0 saturated heterocycles. The van der Waals surface area contributed by atoms with Gasteiger partial charge in [-0.2, -0.15) is 0 Å². The maximum atomic E-state index is 9.90. The standard InChI is InChI=1S/C18H29NO2/c1-15-5-4-10-18(11-15,14-20)13-19(2)12-16-6-8-17(21-3)9-7-16/h6-9,15,20H,4-5,10-14H2,1-3H3. The summed E-state index contributed by atoms with van der Waals surface area (Å²) in [7, 11) is 3.84. The molecule has 118 valence electrons. The summed E-state index contributed by atoms with van der Waals surface area (Å²) in [5.74, 6) is 1.63. The molecule has 0 heterocycles. The second-order valence-corrected chi connectivity index (χ2v) is 6.88. The molecular weight excluding hydrogens is 262 g/mol. The number of hydrogen-bond donors (Lipinski definition) is 1. The Morgan fingerprint density at radius 2 is 2.05 bits per heavy atom. The minimum atomic E-state index is 0.0961. The number of nitrogens with zero attached hydrogens (tertiary/aromatic N) is 1. The lowest BCUT2D eigenvalue weighted by Gasteiger charge is -2.41. The number of benzene rings is 1. The molecule has 0 aliphatic heterocycles. The molecule has 1 saturated carbocycles. The van der Waals surface area contributed by atoms with E-state index in [0.717, 1.165) is 37.6 Å². The van der Waals surface area contributed by atoms with E-state index in [4.69, 9.17) is 4.74 Å². The van der Waals surface area contributed by atoms with Crippen LogP contribution in [0.4, 0.5) is 0 Å². The highest BCUT2D eigenvalue weighted by Crippen LogP contribution is 2.39. The summed E-state index contributed by atoms with van der Waals surface area (Å²) in [5, 5.41) is 9.90. The van der Waals surface area contributed by atoms with Crippen molar-refractivity contribution in [3.63, 3.8) is 0 Å². The minimum Gasteiger partial charge on any atom is -0.497 e. The Bertz CT molecular complexity index is 431. The zero-order chi connectivity index (χ0) is 15.3. The first-order chi connectivity index (χ1) is 10.1. The largest absolute Gasteiger partial charge is 0.497 e. The van der Waals surface area contributed by atoms with Gasteiger partial charge in [-0.3, -0.25) is 0 Å². The third-order valence-electron chi connectivity index (χ3n) is 4.74. The summed E-state index contributed by atoms with van der Waals surface area (Å²) in [6, 6.07) is 8.25. The topological polar surface area (TPSA) is 32.7 Å². The maximum Gasteiger partial charge on any atom is 0.118 e. The van der Waals surface area contributed by atoms with Gasteiger partial charge in [0.25, 0.3) is 0 Å². The Labute approximate surface area is 128 Å². The fraction of sp³-hybridized carbons (Fsp3) is 0.667. The van der Waals surface area contributed by atoms with Gasteiger partial charge in [-0.25, -0.2) is 0 Å². The van der Waals surface area contributed by atoms with Crippen molar-refractivity contribution >= 4 is 0 Å². The molecule has 2 unspecified atom stereocenters. The zero-order valence-corrected chi connectivity index (χ0v) is 13.6. The highest BCUT2D eigenvalue weighted by atomic mass is 16.5. The van der Waals surface area contributed by atoms with Crippen molar-refractivity contribution in [1.82, 2.24) is 4.90 Å². The zero-order valence-electron chi connectivity index (χ0n) is 13.6. The van der Waals surface area contributed by atoms with Crippen LogP contribution >= 0.6 is 0 Å². The van der Waals surface area contributed by atoms with Gasteiger partial charge in [-0.15, -0.1) is 0 Å². The highest BCUT2D eigenvalue weighted by molar-refractivity contribution is 5.27. The number of methoxy groups -OCH3 is 1. The summed E-state index contributed by atoms with van der Waals surface area (Å²) >= 11 is 0. The van der Waals surface area contributed by atoms with Crippen molar-refractivity contribution in [3.05, 3.63) is 29.8 Å². The first-order valence-corrected chi connectivity index (χ1v) is 7.99. The van der Waals surface area contributed by atoms with Crippen molar-refractivity contribution < 1.29 is 9.84 Å². The van der Waals surface area contributed by atoms with Crippen LogP contribution < -0.4 is 4.74 Å². The van der Waals surface area contributed by atoms with Crippen LogP contribution in [0, 0.1) is 11.3 Å². The molecule has 1 aliphatic rings. The Kier molecular flexibility index (Phi) is 5.65. The Balaban J connectivity index is 1.94. The van der Waals surface area contributed by atoms with Crippen LogP contribution in [0.3, 0.4) is 0 Å².